The molecule has 0 atom stereocenters. The predicted octanol–water partition coefficient (Wildman–Crippen LogP) is 2.91. The van der Waals surface area contributed by atoms with Crippen molar-refractivity contribution in [2.45, 2.75) is 19.9 Å². The quantitative estimate of drug-likeness (QED) is 0.352. The highest BCUT2D eigenvalue weighted by Gasteiger charge is 2.03. The maximum absolute atomic E-state index is 4.38. The molecule has 0 aliphatic heterocycles. The van der Waals surface area contributed by atoms with Crippen LogP contribution in [0.2, 0.25) is 0 Å². The van der Waals surface area contributed by atoms with Crippen molar-refractivity contribution in [2.24, 2.45) is 4.99 Å². The molecule has 2 aromatic rings. The molecule has 1 aromatic heterocycles. The van der Waals surface area contributed by atoms with Crippen molar-refractivity contribution < 1.29 is 0 Å². The number of guanidine groups is 1. The van der Waals surface area contributed by atoms with Crippen molar-refractivity contribution in [2.75, 3.05) is 33.7 Å². The Hall–Kier alpha value is -1.19. The molecular weight excluding hydrogens is 445 g/mol. The molecule has 2 rings (SSSR count). The Morgan fingerprint density at radius 2 is 1.92 bits per heavy atom. The zero-order valence-electron chi connectivity index (χ0n) is 15.2. The predicted molar refractivity (Wildman–Crippen MR) is 118 cm³/mol. The summed E-state index contributed by atoms with van der Waals surface area (Å²) in [6.07, 6.45) is 2.85. The second kappa shape index (κ2) is 12.2. The van der Waals surface area contributed by atoms with Gasteiger partial charge in [0.1, 0.15) is 0 Å². The molecule has 0 fully saturated rings. The lowest BCUT2D eigenvalue weighted by atomic mass is 10.2. The lowest BCUT2D eigenvalue weighted by molar-refractivity contribution is 0.331. The zero-order chi connectivity index (χ0) is 17.2. The summed E-state index contributed by atoms with van der Waals surface area (Å²) >= 11 is 1.75. The molecule has 1 heterocycles. The summed E-state index contributed by atoms with van der Waals surface area (Å²) < 4.78 is 0. The highest BCUT2D eigenvalue weighted by atomic mass is 127. The highest BCUT2D eigenvalue weighted by molar-refractivity contribution is 14.0. The monoisotopic (exact) mass is 473 g/mol. The number of aliphatic imine (C=N–C) groups is 1. The molecule has 7 heteroatoms. The van der Waals surface area contributed by atoms with E-state index in [0.29, 0.717) is 0 Å². The Labute approximate surface area is 172 Å². The van der Waals surface area contributed by atoms with Gasteiger partial charge in [0.15, 0.2) is 5.96 Å². The molecule has 5 nitrogen and oxygen atoms in total. The number of aryl methyl sites for hydroxylation is 1. The van der Waals surface area contributed by atoms with E-state index in [9.17, 15) is 0 Å². The average molecular weight is 473 g/mol. The number of benzene rings is 1. The number of aromatic nitrogens is 1. The van der Waals surface area contributed by atoms with Gasteiger partial charge in [-0.05, 0) is 19.5 Å². The van der Waals surface area contributed by atoms with Gasteiger partial charge in [-0.25, -0.2) is 4.98 Å². The molecule has 0 unspecified atom stereocenters. The van der Waals surface area contributed by atoms with Gasteiger partial charge in [0.2, 0.25) is 0 Å². The van der Waals surface area contributed by atoms with Gasteiger partial charge < -0.3 is 15.5 Å². The number of hydrogen-bond acceptors (Lipinski definition) is 4. The molecule has 1 aromatic carbocycles. The lowest BCUT2D eigenvalue weighted by Gasteiger charge is -2.18. The topological polar surface area (TPSA) is 52.6 Å². The van der Waals surface area contributed by atoms with Crippen LogP contribution < -0.4 is 10.6 Å². The minimum atomic E-state index is 0. The van der Waals surface area contributed by atoms with E-state index in [4.69, 9.17) is 0 Å². The van der Waals surface area contributed by atoms with Crippen LogP contribution >= 0.6 is 35.3 Å². The van der Waals surface area contributed by atoms with E-state index in [2.05, 4.69) is 63.7 Å². The molecule has 0 radical (unpaired) electrons. The van der Waals surface area contributed by atoms with E-state index in [0.717, 1.165) is 43.6 Å². The summed E-state index contributed by atoms with van der Waals surface area (Å²) in [6.45, 7) is 5.70. The number of rotatable bonds is 8. The molecule has 2 N–H and O–H groups in total. The standard InChI is InChI=1S/C18H27N5S.HI/c1-15-13-22-17(24-15)9-10-20-18(19-2)21-11-12-23(3)14-16-7-5-4-6-8-16;/h4-8,13H,9-12,14H2,1-3H3,(H2,19,20,21);1H. The third-order valence-corrected chi connectivity index (χ3v) is 4.58. The first kappa shape index (κ1) is 21.9. The summed E-state index contributed by atoms with van der Waals surface area (Å²) in [6, 6.07) is 10.5. The van der Waals surface area contributed by atoms with Gasteiger partial charge in [0.05, 0.1) is 5.01 Å². The van der Waals surface area contributed by atoms with Crippen molar-refractivity contribution in [1.29, 1.82) is 0 Å². The number of halogens is 1. The molecule has 0 bridgehead atoms. The molecule has 0 aliphatic rings. The van der Waals surface area contributed by atoms with Gasteiger partial charge >= 0.3 is 0 Å². The maximum atomic E-state index is 4.38. The maximum Gasteiger partial charge on any atom is 0.191 e. The molecule has 0 saturated carbocycles. The van der Waals surface area contributed by atoms with Crippen LogP contribution in [0.25, 0.3) is 0 Å². The van der Waals surface area contributed by atoms with Gasteiger partial charge in [-0.15, -0.1) is 35.3 Å². The van der Waals surface area contributed by atoms with Crippen LogP contribution in [0.15, 0.2) is 41.5 Å². The van der Waals surface area contributed by atoms with Crippen LogP contribution in [0.1, 0.15) is 15.4 Å². The van der Waals surface area contributed by atoms with Crippen LogP contribution in [-0.2, 0) is 13.0 Å². The summed E-state index contributed by atoms with van der Waals surface area (Å²) in [7, 11) is 3.94. The summed E-state index contributed by atoms with van der Waals surface area (Å²) in [5.41, 5.74) is 1.33. The Balaban J connectivity index is 0.00000312. The zero-order valence-corrected chi connectivity index (χ0v) is 18.3. The minimum absolute atomic E-state index is 0. The van der Waals surface area contributed by atoms with Gasteiger partial charge in [-0.3, -0.25) is 4.99 Å². The fourth-order valence-electron chi connectivity index (χ4n) is 2.36. The number of nitrogens with one attached hydrogen (secondary N) is 2. The first-order chi connectivity index (χ1) is 11.7. The largest absolute Gasteiger partial charge is 0.356 e. The summed E-state index contributed by atoms with van der Waals surface area (Å²) in [4.78, 5) is 12.2. The molecule has 138 valence electrons. The van der Waals surface area contributed by atoms with Crippen LogP contribution in [0.3, 0.4) is 0 Å². The van der Waals surface area contributed by atoms with Crippen LogP contribution in [0.4, 0.5) is 0 Å². The molecule has 25 heavy (non-hydrogen) atoms. The molecule has 0 spiro atoms. The van der Waals surface area contributed by atoms with E-state index in [1.165, 1.54) is 10.4 Å². The summed E-state index contributed by atoms with van der Waals surface area (Å²) in [5, 5.41) is 7.86. The third-order valence-electron chi connectivity index (χ3n) is 3.61. The van der Waals surface area contributed by atoms with Gasteiger partial charge in [-0.1, -0.05) is 30.3 Å². The normalized spacial score (nSPS) is 11.3. The van der Waals surface area contributed by atoms with E-state index in [1.54, 1.807) is 18.4 Å². The van der Waals surface area contributed by atoms with E-state index < -0.39 is 0 Å². The minimum Gasteiger partial charge on any atom is -0.356 e. The van der Waals surface area contributed by atoms with Gasteiger partial charge in [-0.2, -0.15) is 0 Å². The van der Waals surface area contributed by atoms with Crippen LogP contribution in [-0.4, -0.2) is 49.6 Å². The van der Waals surface area contributed by atoms with E-state index in [1.807, 2.05) is 12.3 Å². The fourth-order valence-corrected chi connectivity index (χ4v) is 3.15. The van der Waals surface area contributed by atoms with Gasteiger partial charge in [0, 0.05) is 50.7 Å². The molecule has 0 amide bonds. The lowest BCUT2D eigenvalue weighted by Crippen LogP contribution is -2.41. The Morgan fingerprint density at radius 1 is 1.20 bits per heavy atom. The van der Waals surface area contributed by atoms with Crippen molar-refractivity contribution >= 4 is 41.3 Å². The first-order valence-corrected chi connectivity index (χ1v) is 9.07. The third kappa shape index (κ3) is 8.64. The van der Waals surface area contributed by atoms with Gasteiger partial charge in [0.25, 0.3) is 0 Å². The van der Waals surface area contributed by atoms with Crippen molar-refractivity contribution in [3.8, 4) is 0 Å². The smallest absolute Gasteiger partial charge is 0.191 e. The molecule has 0 saturated heterocycles. The summed E-state index contributed by atoms with van der Waals surface area (Å²) in [5.74, 6) is 0.844. The molecular formula is C18H28IN5S. The van der Waals surface area contributed by atoms with Crippen molar-refractivity contribution in [3.05, 3.63) is 52.0 Å². The Kier molecular flexibility index (Phi) is 10.7. The SMILES string of the molecule is CN=C(NCCc1ncc(C)s1)NCCN(C)Cc1ccccc1.I. The highest BCUT2D eigenvalue weighted by Crippen LogP contribution is 2.10. The van der Waals surface area contributed by atoms with Crippen LogP contribution in [0.5, 0.6) is 0 Å². The second-order valence-corrected chi connectivity index (χ2v) is 7.08. The fraction of sp³-hybridized carbons (Fsp3) is 0.444. The number of thiazole rings is 1. The van der Waals surface area contributed by atoms with E-state index in [-0.39, 0.29) is 24.0 Å². The number of hydrogen-bond donors (Lipinski definition) is 2. The van der Waals surface area contributed by atoms with Crippen LogP contribution in [0, 0.1) is 6.92 Å². The Morgan fingerprint density at radius 3 is 2.56 bits per heavy atom. The first-order valence-electron chi connectivity index (χ1n) is 8.25. The number of nitrogens with zero attached hydrogens (tertiary/aromatic N) is 3. The van der Waals surface area contributed by atoms with Crippen molar-refractivity contribution in [1.82, 2.24) is 20.5 Å². The second-order valence-electron chi connectivity index (χ2n) is 5.76. The van der Waals surface area contributed by atoms with E-state index >= 15 is 0 Å². The van der Waals surface area contributed by atoms with Crippen molar-refractivity contribution in [3.63, 3.8) is 0 Å². The molecule has 0 aliphatic carbocycles. The Bertz CT molecular complexity index is 629. The number of likely N-dealkylation sites (N-methyl/N-ethyl adjacent to an activating group) is 1. The average Bonchev–Trinajstić information content (AvgIpc) is 2.99.